The first-order valence-corrected chi connectivity index (χ1v) is 9.95. The van der Waals surface area contributed by atoms with E-state index in [1.807, 2.05) is 32.0 Å². The molecule has 30 heavy (non-hydrogen) atoms. The van der Waals surface area contributed by atoms with E-state index < -0.39 is 0 Å². The second-order valence-electron chi connectivity index (χ2n) is 6.83. The number of rotatable bonds is 4. The molecule has 0 unspecified atom stereocenters. The van der Waals surface area contributed by atoms with Crippen LogP contribution in [-0.2, 0) is 0 Å². The minimum atomic E-state index is -0.377. The van der Waals surface area contributed by atoms with Gasteiger partial charge in [0.15, 0.2) is 0 Å². The predicted octanol–water partition coefficient (Wildman–Crippen LogP) is 5.31. The highest BCUT2D eigenvalue weighted by molar-refractivity contribution is 6.42. The summed E-state index contributed by atoms with van der Waals surface area (Å²) >= 11 is 12.0. The summed E-state index contributed by atoms with van der Waals surface area (Å²) in [4.78, 5) is 21.0. The highest BCUT2D eigenvalue weighted by Gasteiger charge is 2.13. The summed E-state index contributed by atoms with van der Waals surface area (Å²) in [5, 5.41) is 11.8. The van der Waals surface area contributed by atoms with Crippen LogP contribution in [-0.4, -0.2) is 25.8 Å². The number of carbonyl (C=O) groups excluding carboxylic acids is 1. The Morgan fingerprint density at radius 2 is 1.90 bits per heavy atom. The Bertz CT molecular complexity index is 1240. The summed E-state index contributed by atoms with van der Waals surface area (Å²) in [6.07, 6.45) is 5.14. The number of halogens is 2. The molecule has 7 nitrogen and oxygen atoms in total. The van der Waals surface area contributed by atoms with Gasteiger partial charge < -0.3 is 5.32 Å². The second kappa shape index (κ2) is 8.30. The highest BCUT2D eigenvalue weighted by Crippen LogP contribution is 2.25. The first kappa shape index (κ1) is 20.1. The summed E-state index contributed by atoms with van der Waals surface area (Å²) in [6, 6.07) is 10.2. The molecular formula is C21H18Cl2N6O. The number of amides is 2. The van der Waals surface area contributed by atoms with Gasteiger partial charge in [-0.25, -0.2) is 14.5 Å². The van der Waals surface area contributed by atoms with Crippen molar-refractivity contribution in [2.24, 2.45) is 0 Å². The van der Waals surface area contributed by atoms with Gasteiger partial charge >= 0.3 is 6.03 Å². The number of hydrogen-bond donors (Lipinski definition) is 2. The maximum absolute atomic E-state index is 12.4. The van der Waals surface area contributed by atoms with Crippen LogP contribution in [0.15, 0.2) is 55.0 Å². The lowest BCUT2D eigenvalue weighted by Gasteiger charge is -2.15. The zero-order valence-corrected chi connectivity index (χ0v) is 17.7. The molecule has 0 bridgehead atoms. The Hall–Kier alpha value is -3.16. The molecule has 4 aromatic rings. The standard InChI is InChI=1S/C21H18Cl2N6O/c1-12-7-16(5-6-24-12)29-19-11-25-20(9-15(19)10-26-29)28-21(30)27-13(2)14-3-4-17(22)18(23)8-14/h3-11,13H,1-2H3,(H2,25,27,28,30)/t13-/m1/s1. The van der Waals surface area contributed by atoms with Crippen LogP contribution in [0.2, 0.25) is 10.0 Å². The van der Waals surface area contributed by atoms with Crippen molar-refractivity contribution in [1.29, 1.82) is 0 Å². The number of hydrogen-bond acceptors (Lipinski definition) is 4. The van der Waals surface area contributed by atoms with Gasteiger partial charge in [0, 0.05) is 17.3 Å². The number of aryl methyl sites for hydroxylation is 1. The third-order valence-electron chi connectivity index (χ3n) is 4.61. The fraction of sp³-hybridized carbons (Fsp3) is 0.143. The maximum atomic E-state index is 12.4. The number of nitrogens with one attached hydrogen (secondary N) is 2. The Balaban J connectivity index is 1.48. The number of anilines is 1. The third kappa shape index (κ3) is 4.22. The largest absolute Gasteiger partial charge is 0.331 e. The van der Waals surface area contributed by atoms with Gasteiger partial charge in [-0.1, -0.05) is 29.3 Å². The van der Waals surface area contributed by atoms with Crippen LogP contribution < -0.4 is 10.6 Å². The van der Waals surface area contributed by atoms with Crippen molar-refractivity contribution in [3.63, 3.8) is 0 Å². The molecule has 1 atom stereocenters. The molecule has 3 aromatic heterocycles. The Morgan fingerprint density at radius 3 is 2.67 bits per heavy atom. The van der Waals surface area contributed by atoms with Gasteiger partial charge in [-0.05, 0) is 49.7 Å². The molecule has 0 aliphatic rings. The molecule has 0 aliphatic heterocycles. The maximum Gasteiger partial charge on any atom is 0.320 e. The van der Waals surface area contributed by atoms with Gasteiger partial charge in [-0.3, -0.25) is 10.3 Å². The second-order valence-corrected chi connectivity index (χ2v) is 7.65. The van der Waals surface area contributed by atoms with Gasteiger partial charge in [0.2, 0.25) is 0 Å². The molecule has 0 spiro atoms. The predicted molar refractivity (Wildman–Crippen MR) is 118 cm³/mol. The number of fused-ring (bicyclic) bond motifs is 1. The van der Waals surface area contributed by atoms with Crippen LogP contribution in [0.1, 0.15) is 24.2 Å². The van der Waals surface area contributed by atoms with Crippen LogP contribution in [0.4, 0.5) is 10.6 Å². The van der Waals surface area contributed by atoms with E-state index in [1.54, 1.807) is 41.5 Å². The number of nitrogens with zero attached hydrogens (tertiary/aromatic N) is 4. The SMILES string of the molecule is Cc1cc(-n2ncc3cc(NC(=O)N[C@H](C)c4ccc(Cl)c(Cl)c4)ncc32)ccn1. The van der Waals surface area contributed by atoms with E-state index in [9.17, 15) is 4.79 Å². The van der Waals surface area contributed by atoms with Crippen molar-refractivity contribution in [2.75, 3.05) is 5.32 Å². The van der Waals surface area contributed by atoms with E-state index in [-0.39, 0.29) is 12.1 Å². The van der Waals surface area contributed by atoms with Crippen LogP contribution in [0.5, 0.6) is 0 Å². The minimum Gasteiger partial charge on any atom is -0.331 e. The van der Waals surface area contributed by atoms with E-state index in [1.165, 1.54) is 0 Å². The molecule has 0 fully saturated rings. The summed E-state index contributed by atoms with van der Waals surface area (Å²) in [7, 11) is 0. The molecule has 9 heteroatoms. The first-order chi connectivity index (χ1) is 14.4. The monoisotopic (exact) mass is 440 g/mol. The van der Waals surface area contributed by atoms with Gasteiger partial charge in [0.05, 0.1) is 39.7 Å². The van der Waals surface area contributed by atoms with Crippen molar-refractivity contribution >= 4 is 46.0 Å². The Kier molecular flexibility index (Phi) is 5.57. The fourth-order valence-electron chi connectivity index (χ4n) is 3.08. The molecular weight excluding hydrogens is 423 g/mol. The Morgan fingerprint density at radius 1 is 1.07 bits per heavy atom. The molecule has 2 amide bonds. The molecule has 2 N–H and O–H groups in total. The van der Waals surface area contributed by atoms with Gasteiger partial charge in [0.1, 0.15) is 5.82 Å². The van der Waals surface area contributed by atoms with Gasteiger partial charge in [-0.15, -0.1) is 0 Å². The van der Waals surface area contributed by atoms with Gasteiger partial charge in [-0.2, -0.15) is 5.10 Å². The highest BCUT2D eigenvalue weighted by atomic mass is 35.5. The zero-order chi connectivity index (χ0) is 21.3. The molecule has 4 rings (SSSR count). The molecule has 0 radical (unpaired) electrons. The molecule has 0 saturated heterocycles. The number of carbonyl (C=O) groups is 1. The first-order valence-electron chi connectivity index (χ1n) is 9.20. The Labute approximate surface area is 183 Å². The van der Waals surface area contributed by atoms with Crippen molar-refractivity contribution < 1.29 is 4.79 Å². The van der Waals surface area contributed by atoms with E-state index in [2.05, 4.69) is 25.7 Å². The van der Waals surface area contributed by atoms with Crippen molar-refractivity contribution in [3.05, 3.63) is 76.3 Å². The summed E-state index contributed by atoms with van der Waals surface area (Å²) in [6.45, 7) is 3.78. The van der Waals surface area contributed by atoms with E-state index in [4.69, 9.17) is 23.2 Å². The van der Waals surface area contributed by atoms with Crippen molar-refractivity contribution in [3.8, 4) is 5.69 Å². The lowest BCUT2D eigenvalue weighted by atomic mass is 10.1. The zero-order valence-electron chi connectivity index (χ0n) is 16.2. The molecule has 152 valence electrons. The average molecular weight is 441 g/mol. The lowest BCUT2D eigenvalue weighted by molar-refractivity contribution is 0.249. The van der Waals surface area contributed by atoms with Crippen LogP contribution in [0.3, 0.4) is 0 Å². The number of pyridine rings is 2. The van der Waals surface area contributed by atoms with Crippen LogP contribution in [0, 0.1) is 6.92 Å². The average Bonchev–Trinajstić information content (AvgIpc) is 3.13. The van der Waals surface area contributed by atoms with Crippen molar-refractivity contribution in [2.45, 2.75) is 19.9 Å². The molecule has 1 aromatic carbocycles. The fourth-order valence-corrected chi connectivity index (χ4v) is 3.38. The van der Waals surface area contributed by atoms with Crippen LogP contribution >= 0.6 is 23.2 Å². The topological polar surface area (TPSA) is 84.7 Å². The minimum absolute atomic E-state index is 0.263. The number of urea groups is 1. The molecule has 0 saturated carbocycles. The quantitative estimate of drug-likeness (QED) is 0.449. The van der Waals surface area contributed by atoms with Crippen LogP contribution in [0.25, 0.3) is 16.6 Å². The number of benzene rings is 1. The summed E-state index contributed by atoms with van der Waals surface area (Å²) in [5.41, 5.74) is 3.47. The molecule has 0 aliphatic carbocycles. The summed E-state index contributed by atoms with van der Waals surface area (Å²) < 4.78 is 1.78. The van der Waals surface area contributed by atoms with Gasteiger partial charge in [0.25, 0.3) is 0 Å². The summed E-state index contributed by atoms with van der Waals surface area (Å²) in [5.74, 6) is 0.423. The third-order valence-corrected chi connectivity index (χ3v) is 5.35. The molecule has 3 heterocycles. The van der Waals surface area contributed by atoms with E-state index in [0.29, 0.717) is 15.9 Å². The lowest BCUT2D eigenvalue weighted by Crippen LogP contribution is -2.31. The van der Waals surface area contributed by atoms with E-state index >= 15 is 0 Å². The number of aromatic nitrogens is 4. The van der Waals surface area contributed by atoms with Crippen molar-refractivity contribution in [1.82, 2.24) is 25.1 Å². The smallest absolute Gasteiger partial charge is 0.320 e. The van der Waals surface area contributed by atoms with E-state index in [0.717, 1.165) is 27.8 Å². The normalized spacial score (nSPS) is 12.0.